The van der Waals surface area contributed by atoms with Crippen LogP contribution in [-0.2, 0) is 14.8 Å². The lowest BCUT2D eigenvalue weighted by atomic mass is 10.1. The number of hydrogen-bond acceptors (Lipinski definition) is 9. The van der Waals surface area contributed by atoms with Gasteiger partial charge in [-0.05, 0) is 25.8 Å². The van der Waals surface area contributed by atoms with E-state index in [1.165, 1.54) is 10.6 Å². The zero-order valence-electron chi connectivity index (χ0n) is 19.0. The minimum absolute atomic E-state index is 0.0447. The lowest BCUT2D eigenvalue weighted by Gasteiger charge is -2.44. The summed E-state index contributed by atoms with van der Waals surface area (Å²) in [7, 11) is -3.86. The van der Waals surface area contributed by atoms with Crippen molar-refractivity contribution in [1.82, 2.24) is 29.2 Å². The third kappa shape index (κ3) is 4.17. The van der Waals surface area contributed by atoms with Crippen LogP contribution in [0.3, 0.4) is 0 Å². The molecular weight excluding hydrogens is 484 g/mol. The SMILES string of the molecule is CC1(NS(=O)(=O)c2cc(N3CCN4CCOC[C@H]4C3)c3cnc(-c4nnc(C(F)F)o4)n3c2)CC1. The average Bonchev–Trinajstić information content (AvgIpc) is 3.22. The number of aromatic nitrogens is 4. The molecule has 3 fully saturated rings. The molecule has 35 heavy (non-hydrogen) atoms. The maximum absolute atomic E-state index is 13.3. The molecule has 3 aliphatic rings. The fourth-order valence-corrected chi connectivity index (χ4v) is 6.15. The maximum atomic E-state index is 13.3. The molecule has 0 bridgehead atoms. The largest absolute Gasteiger partial charge is 0.412 e. The number of hydrogen-bond donors (Lipinski definition) is 1. The number of rotatable bonds is 6. The first-order chi connectivity index (χ1) is 16.7. The molecule has 5 heterocycles. The summed E-state index contributed by atoms with van der Waals surface area (Å²) in [5, 5.41) is 7.09. The first-order valence-corrected chi connectivity index (χ1v) is 12.9. The molecule has 2 aliphatic heterocycles. The van der Waals surface area contributed by atoms with Crippen molar-refractivity contribution in [3.63, 3.8) is 0 Å². The zero-order chi connectivity index (χ0) is 24.4. The fourth-order valence-electron chi connectivity index (χ4n) is 4.66. The number of ether oxygens (including phenoxy) is 1. The number of alkyl halides is 2. The van der Waals surface area contributed by atoms with Crippen molar-refractivity contribution < 1.29 is 26.4 Å². The van der Waals surface area contributed by atoms with Crippen LogP contribution in [0.4, 0.5) is 14.5 Å². The van der Waals surface area contributed by atoms with Crippen LogP contribution in [0.5, 0.6) is 0 Å². The van der Waals surface area contributed by atoms with E-state index in [1.807, 2.05) is 6.92 Å². The third-order valence-electron chi connectivity index (χ3n) is 6.88. The van der Waals surface area contributed by atoms with Crippen molar-refractivity contribution in [2.24, 2.45) is 0 Å². The van der Waals surface area contributed by atoms with Gasteiger partial charge in [-0.3, -0.25) is 9.30 Å². The van der Waals surface area contributed by atoms with E-state index in [0.29, 0.717) is 37.5 Å². The summed E-state index contributed by atoms with van der Waals surface area (Å²) in [6, 6.07) is 1.83. The summed E-state index contributed by atoms with van der Waals surface area (Å²) in [6.45, 7) is 6.20. The van der Waals surface area contributed by atoms with Crippen molar-refractivity contribution in [3.8, 4) is 11.7 Å². The van der Waals surface area contributed by atoms with Crippen molar-refractivity contribution in [1.29, 1.82) is 0 Å². The van der Waals surface area contributed by atoms with Crippen molar-refractivity contribution >= 4 is 21.2 Å². The topological polar surface area (TPSA) is 118 Å². The van der Waals surface area contributed by atoms with Gasteiger partial charge in [0, 0.05) is 37.9 Å². The van der Waals surface area contributed by atoms with Gasteiger partial charge in [0.15, 0.2) is 0 Å². The van der Waals surface area contributed by atoms with Gasteiger partial charge in [0.2, 0.25) is 15.8 Å². The minimum atomic E-state index is -3.86. The van der Waals surface area contributed by atoms with Crippen molar-refractivity contribution in [2.75, 3.05) is 44.3 Å². The van der Waals surface area contributed by atoms with Crippen LogP contribution in [0.15, 0.2) is 27.8 Å². The van der Waals surface area contributed by atoms with E-state index in [9.17, 15) is 17.2 Å². The quantitative estimate of drug-likeness (QED) is 0.529. The van der Waals surface area contributed by atoms with E-state index in [0.717, 1.165) is 25.9 Å². The lowest BCUT2D eigenvalue weighted by Crippen LogP contribution is -2.58. The Morgan fingerprint density at radius 3 is 2.80 bits per heavy atom. The number of pyridine rings is 1. The van der Waals surface area contributed by atoms with Crippen molar-refractivity contribution in [2.45, 2.75) is 42.7 Å². The van der Waals surface area contributed by atoms with Crippen molar-refractivity contribution in [3.05, 3.63) is 24.4 Å². The molecule has 11 nitrogen and oxygen atoms in total. The molecule has 6 rings (SSSR count). The summed E-state index contributed by atoms with van der Waals surface area (Å²) < 4.78 is 67.8. The van der Waals surface area contributed by atoms with Crippen LogP contribution >= 0.6 is 0 Å². The molecule has 14 heteroatoms. The molecule has 0 unspecified atom stereocenters. The predicted molar refractivity (Wildman–Crippen MR) is 120 cm³/mol. The second-order valence-corrected chi connectivity index (χ2v) is 11.2. The smallest absolute Gasteiger partial charge is 0.314 e. The molecule has 3 aromatic heterocycles. The highest BCUT2D eigenvalue weighted by molar-refractivity contribution is 7.89. The number of piperazine rings is 1. The highest BCUT2D eigenvalue weighted by atomic mass is 32.2. The van der Waals surface area contributed by atoms with E-state index in [-0.39, 0.29) is 22.7 Å². The van der Waals surface area contributed by atoms with Gasteiger partial charge in [-0.2, -0.15) is 8.78 Å². The van der Waals surface area contributed by atoms with Crippen LogP contribution in [0, 0.1) is 0 Å². The number of sulfonamides is 1. The molecule has 1 saturated carbocycles. The van der Waals surface area contributed by atoms with E-state index in [1.54, 1.807) is 12.3 Å². The second kappa shape index (κ2) is 8.18. The summed E-state index contributed by atoms with van der Waals surface area (Å²) in [5.41, 5.74) is 0.820. The Kier molecular flexibility index (Phi) is 5.32. The Bertz CT molecular complexity index is 1370. The van der Waals surface area contributed by atoms with Gasteiger partial charge in [0.1, 0.15) is 4.90 Å². The number of halogens is 2. The molecule has 188 valence electrons. The Morgan fingerprint density at radius 2 is 2.06 bits per heavy atom. The van der Waals surface area contributed by atoms with Gasteiger partial charge in [-0.15, -0.1) is 10.2 Å². The Labute approximate surface area is 200 Å². The second-order valence-electron chi connectivity index (χ2n) is 9.52. The number of nitrogens with zero attached hydrogens (tertiary/aromatic N) is 6. The van der Waals surface area contributed by atoms with E-state index in [4.69, 9.17) is 9.15 Å². The molecule has 1 atom stereocenters. The zero-order valence-corrected chi connectivity index (χ0v) is 19.8. The lowest BCUT2D eigenvalue weighted by molar-refractivity contribution is -0.0116. The predicted octanol–water partition coefficient (Wildman–Crippen LogP) is 1.67. The number of morpholine rings is 1. The van der Waals surface area contributed by atoms with Crippen LogP contribution in [-0.4, -0.2) is 83.9 Å². The third-order valence-corrected chi connectivity index (χ3v) is 8.49. The average molecular weight is 510 g/mol. The molecule has 0 radical (unpaired) electrons. The number of fused-ring (bicyclic) bond motifs is 2. The summed E-state index contributed by atoms with van der Waals surface area (Å²) in [5.74, 6) is -0.944. The standard InChI is InChI=1S/C21H25F2N7O4S/c1-21(2-3-21)27-35(31,32)14-8-15(29-5-4-28-6-7-33-12-13(28)10-29)16-9-24-18(30(16)11-14)20-26-25-19(34-20)17(22)23/h8-9,11,13,17,27H,2-7,10,12H2,1H3/t13-/m1/s1. The Hall–Kier alpha value is -2.68. The Balaban J connectivity index is 1.46. The summed E-state index contributed by atoms with van der Waals surface area (Å²) in [6.07, 6.45) is 1.58. The van der Waals surface area contributed by atoms with Gasteiger partial charge in [-0.1, -0.05) is 0 Å². The molecule has 2 saturated heterocycles. The van der Waals surface area contributed by atoms with E-state index in [2.05, 4.69) is 29.7 Å². The highest BCUT2D eigenvalue weighted by Gasteiger charge is 2.42. The van der Waals surface area contributed by atoms with Crippen LogP contribution in [0.2, 0.25) is 0 Å². The number of nitrogens with one attached hydrogen (secondary N) is 1. The molecule has 1 aliphatic carbocycles. The van der Waals surface area contributed by atoms with Gasteiger partial charge < -0.3 is 14.1 Å². The summed E-state index contributed by atoms with van der Waals surface area (Å²) >= 11 is 0. The number of imidazole rings is 1. The first kappa shape index (κ1) is 22.8. The molecular formula is C21H25F2N7O4S. The highest BCUT2D eigenvalue weighted by Crippen LogP contribution is 2.37. The van der Waals surface area contributed by atoms with Crippen LogP contribution in [0.25, 0.3) is 17.2 Å². The van der Waals surface area contributed by atoms with Gasteiger partial charge in [0.05, 0.1) is 36.7 Å². The fraction of sp³-hybridized carbons (Fsp3) is 0.571. The molecule has 0 aromatic carbocycles. The Morgan fingerprint density at radius 1 is 1.23 bits per heavy atom. The van der Waals surface area contributed by atoms with Crippen LogP contribution in [0.1, 0.15) is 32.1 Å². The molecule has 3 aromatic rings. The van der Waals surface area contributed by atoms with Gasteiger partial charge in [0.25, 0.3) is 11.8 Å². The summed E-state index contributed by atoms with van der Waals surface area (Å²) in [4.78, 5) is 8.87. The van der Waals surface area contributed by atoms with E-state index >= 15 is 0 Å². The maximum Gasteiger partial charge on any atom is 0.314 e. The number of anilines is 1. The van der Waals surface area contributed by atoms with Gasteiger partial charge in [-0.25, -0.2) is 18.1 Å². The van der Waals surface area contributed by atoms with Gasteiger partial charge >= 0.3 is 6.43 Å². The minimum Gasteiger partial charge on any atom is -0.412 e. The van der Waals surface area contributed by atoms with Crippen LogP contribution < -0.4 is 9.62 Å². The molecule has 0 spiro atoms. The normalized spacial score (nSPS) is 22.6. The first-order valence-electron chi connectivity index (χ1n) is 11.5. The monoisotopic (exact) mass is 509 g/mol. The molecule has 0 amide bonds. The molecule has 1 N–H and O–H groups in total. The van der Waals surface area contributed by atoms with E-state index < -0.39 is 27.9 Å².